The summed E-state index contributed by atoms with van der Waals surface area (Å²) in [5.74, 6) is 1.72. The van der Waals surface area contributed by atoms with E-state index in [-0.39, 0.29) is 6.10 Å². The van der Waals surface area contributed by atoms with Gasteiger partial charge in [-0.2, -0.15) is 0 Å². The maximum Gasteiger partial charge on any atom is 0.136 e. The van der Waals surface area contributed by atoms with Crippen molar-refractivity contribution in [3.63, 3.8) is 0 Å². The zero-order valence-corrected chi connectivity index (χ0v) is 12.2. The summed E-state index contributed by atoms with van der Waals surface area (Å²) in [6, 6.07) is 14.0. The van der Waals surface area contributed by atoms with E-state index in [0.717, 1.165) is 22.6 Å². The quantitative estimate of drug-likeness (QED) is 0.906. The van der Waals surface area contributed by atoms with Gasteiger partial charge in [0.1, 0.15) is 17.6 Å². The largest absolute Gasteiger partial charge is 0.496 e. The van der Waals surface area contributed by atoms with Crippen LogP contribution in [0.4, 0.5) is 0 Å². The zero-order valence-electron chi connectivity index (χ0n) is 12.2. The zero-order chi connectivity index (χ0) is 14.5. The molecule has 0 saturated carbocycles. The number of methoxy groups -OCH3 is 1. The second kappa shape index (κ2) is 6.44. The molecule has 0 fully saturated rings. The Balaban J connectivity index is 2.22. The molecule has 106 valence electrons. The van der Waals surface area contributed by atoms with E-state index in [1.165, 1.54) is 5.56 Å². The van der Waals surface area contributed by atoms with Crippen molar-refractivity contribution in [1.29, 1.82) is 0 Å². The first-order chi connectivity index (χ1) is 9.63. The predicted octanol–water partition coefficient (Wildman–Crippen LogP) is 3.39. The molecule has 0 aliphatic carbocycles. The molecule has 1 unspecified atom stereocenters. The first kappa shape index (κ1) is 14.4. The molecule has 0 radical (unpaired) electrons. The number of hydrogen-bond donors (Lipinski definition) is 1. The summed E-state index contributed by atoms with van der Waals surface area (Å²) in [5.41, 5.74) is 9.17. The van der Waals surface area contributed by atoms with Crippen molar-refractivity contribution in [2.45, 2.75) is 20.0 Å². The number of rotatable bonds is 5. The average molecular weight is 271 g/mol. The fraction of sp³-hybridized carbons (Fsp3) is 0.294. The van der Waals surface area contributed by atoms with Crippen molar-refractivity contribution in [2.75, 3.05) is 13.7 Å². The van der Waals surface area contributed by atoms with E-state index < -0.39 is 0 Å². The molecular formula is C17H21NO2. The Morgan fingerprint density at radius 1 is 1.10 bits per heavy atom. The summed E-state index contributed by atoms with van der Waals surface area (Å²) in [6.07, 6.45) is -0.151. The molecule has 0 saturated heterocycles. The lowest BCUT2D eigenvalue weighted by atomic mass is 10.1. The van der Waals surface area contributed by atoms with Crippen LogP contribution in [0.25, 0.3) is 0 Å². The van der Waals surface area contributed by atoms with Gasteiger partial charge in [-0.25, -0.2) is 0 Å². The molecule has 0 spiro atoms. The summed E-state index contributed by atoms with van der Waals surface area (Å²) in [7, 11) is 1.67. The monoisotopic (exact) mass is 271 g/mol. The highest BCUT2D eigenvalue weighted by Gasteiger charge is 2.13. The number of aryl methyl sites for hydroxylation is 2. The van der Waals surface area contributed by atoms with E-state index in [4.69, 9.17) is 15.2 Å². The number of nitrogens with two attached hydrogens (primary N) is 1. The van der Waals surface area contributed by atoms with Crippen molar-refractivity contribution in [1.82, 2.24) is 0 Å². The molecule has 2 rings (SSSR count). The molecule has 0 aliphatic heterocycles. The Bertz CT molecular complexity index is 581. The Morgan fingerprint density at radius 2 is 1.90 bits per heavy atom. The number of hydrogen-bond acceptors (Lipinski definition) is 3. The molecule has 0 amide bonds. The molecule has 0 bridgehead atoms. The minimum atomic E-state index is -0.151. The Labute approximate surface area is 120 Å². The Hall–Kier alpha value is -2.00. The molecule has 0 heterocycles. The van der Waals surface area contributed by atoms with Gasteiger partial charge in [0.25, 0.3) is 0 Å². The molecule has 0 aromatic heterocycles. The minimum absolute atomic E-state index is 0.151. The van der Waals surface area contributed by atoms with Crippen LogP contribution < -0.4 is 15.2 Å². The molecule has 1 atom stereocenters. The van der Waals surface area contributed by atoms with E-state index in [9.17, 15) is 0 Å². The van der Waals surface area contributed by atoms with Gasteiger partial charge >= 0.3 is 0 Å². The van der Waals surface area contributed by atoms with Crippen molar-refractivity contribution < 1.29 is 9.47 Å². The van der Waals surface area contributed by atoms with Gasteiger partial charge in [0.15, 0.2) is 0 Å². The third-order valence-corrected chi connectivity index (χ3v) is 3.27. The minimum Gasteiger partial charge on any atom is -0.496 e. The van der Waals surface area contributed by atoms with Gasteiger partial charge in [-0.3, -0.25) is 0 Å². The summed E-state index contributed by atoms with van der Waals surface area (Å²) < 4.78 is 11.3. The fourth-order valence-electron chi connectivity index (χ4n) is 2.21. The maximum absolute atomic E-state index is 5.99. The van der Waals surface area contributed by atoms with E-state index in [1.807, 2.05) is 50.2 Å². The number of ether oxygens (including phenoxy) is 2. The van der Waals surface area contributed by atoms with Gasteiger partial charge in [0.2, 0.25) is 0 Å². The van der Waals surface area contributed by atoms with Crippen LogP contribution in [0.3, 0.4) is 0 Å². The molecule has 2 aromatic rings. The van der Waals surface area contributed by atoms with E-state index in [0.29, 0.717) is 6.54 Å². The highest BCUT2D eigenvalue weighted by Crippen LogP contribution is 2.26. The van der Waals surface area contributed by atoms with E-state index >= 15 is 0 Å². The maximum atomic E-state index is 5.99. The van der Waals surface area contributed by atoms with Crippen LogP contribution in [-0.2, 0) is 0 Å². The van der Waals surface area contributed by atoms with Crippen LogP contribution in [0.1, 0.15) is 22.8 Å². The molecule has 2 aromatic carbocycles. The van der Waals surface area contributed by atoms with Crippen LogP contribution in [0.2, 0.25) is 0 Å². The van der Waals surface area contributed by atoms with Gasteiger partial charge in [0, 0.05) is 6.54 Å². The molecule has 20 heavy (non-hydrogen) atoms. The summed E-state index contributed by atoms with van der Waals surface area (Å²) >= 11 is 0. The van der Waals surface area contributed by atoms with Crippen LogP contribution in [0.5, 0.6) is 11.5 Å². The van der Waals surface area contributed by atoms with Gasteiger partial charge in [-0.15, -0.1) is 0 Å². The summed E-state index contributed by atoms with van der Waals surface area (Å²) in [6.45, 7) is 4.49. The first-order valence-electron chi connectivity index (χ1n) is 6.72. The third-order valence-electron chi connectivity index (χ3n) is 3.27. The van der Waals surface area contributed by atoms with Crippen molar-refractivity contribution in [2.24, 2.45) is 5.73 Å². The third kappa shape index (κ3) is 3.31. The van der Waals surface area contributed by atoms with Crippen LogP contribution in [0, 0.1) is 13.8 Å². The van der Waals surface area contributed by atoms with Crippen molar-refractivity contribution in [3.05, 3.63) is 59.2 Å². The topological polar surface area (TPSA) is 44.5 Å². The highest BCUT2D eigenvalue weighted by atomic mass is 16.5. The van der Waals surface area contributed by atoms with Crippen molar-refractivity contribution in [3.8, 4) is 11.5 Å². The van der Waals surface area contributed by atoms with Crippen LogP contribution >= 0.6 is 0 Å². The molecule has 3 heteroatoms. The Morgan fingerprint density at radius 3 is 2.50 bits per heavy atom. The van der Waals surface area contributed by atoms with Crippen LogP contribution in [0.15, 0.2) is 42.5 Å². The second-order valence-electron chi connectivity index (χ2n) is 4.89. The average Bonchev–Trinajstić information content (AvgIpc) is 2.44. The predicted molar refractivity (Wildman–Crippen MR) is 81.3 cm³/mol. The Kier molecular flexibility index (Phi) is 4.64. The standard InChI is InChI=1S/C17H21NO2/c1-12-5-4-6-15(9-12)20-17(11-18)14-7-8-16(19-3)13(2)10-14/h4-10,17H,11,18H2,1-3H3. The number of benzene rings is 2. The lowest BCUT2D eigenvalue weighted by Gasteiger charge is -2.19. The van der Waals surface area contributed by atoms with E-state index in [1.54, 1.807) is 7.11 Å². The summed E-state index contributed by atoms with van der Waals surface area (Å²) in [4.78, 5) is 0. The lowest BCUT2D eigenvalue weighted by Crippen LogP contribution is -2.18. The summed E-state index contributed by atoms with van der Waals surface area (Å²) in [5, 5.41) is 0. The normalized spacial score (nSPS) is 12.0. The van der Waals surface area contributed by atoms with Crippen LogP contribution in [-0.4, -0.2) is 13.7 Å². The van der Waals surface area contributed by atoms with Gasteiger partial charge in [-0.05, 0) is 54.8 Å². The fourth-order valence-corrected chi connectivity index (χ4v) is 2.21. The van der Waals surface area contributed by atoms with Gasteiger partial charge < -0.3 is 15.2 Å². The van der Waals surface area contributed by atoms with Gasteiger partial charge in [0.05, 0.1) is 7.11 Å². The lowest BCUT2D eigenvalue weighted by molar-refractivity contribution is 0.214. The van der Waals surface area contributed by atoms with Gasteiger partial charge in [-0.1, -0.05) is 18.2 Å². The van der Waals surface area contributed by atoms with Crippen molar-refractivity contribution >= 4 is 0 Å². The molecule has 0 aliphatic rings. The highest BCUT2D eigenvalue weighted by molar-refractivity contribution is 5.38. The second-order valence-corrected chi connectivity index (χ2v) is 4.89. The smallest absolute Gasteiger partial charge is 0.136 e. The molecule has 3 nitrogen and oxygen atoms in total. The first-order valence-corrected chi connectivity index (χ1v) is 6.72. The van der Waals surface area contributed by atoms with E-state index in [2.05, 4.69) is 6.07 Å². The molecular weight excluding hydrogens is 250 g/mol. The molecule has 2 N–H and O–H groups in total. The SMILES string of the molecule is COc1ccc(C(CN)Oc2cccc(C)c2)cc1C.